The molecule has 0 radical (unpaired) electrons. The SMILES string of the molecule is c1ccc(-c2cccc(-n3c4ccccc4c4c5c6ccccc6n(-c6cc(-c7ccccc7)nc(-c7ccccc7)n6)c5ccc43)c2)cc1. The van der Waals surface area contributed by atoms with Gasteiger partial charge in [0.1, 0.15) is 5.82 Å². The van der Waals surface area contributed by atoms with Gasteiger partial charge in [-0.05, 0) is 47.5 Å². The summed E-state index contributed by atoms with van der Waals surface area (Å²) < 4.78 is 4.72. The quantitative estimate of drug-likeness (QED) is 0.188. The van der Waals surface area contributed by atoms with E-state index in [9.17, 15) is 0 Å². The summed E-state index contributed by atoms with van der Waals surface area (Å²) in [5.74, 6) is 1.53. The Kier molecular flexibility index (Phi) is 6.46. The van der Waals surface area contributed by atoms with Crippen molar-refractivity contribution in [1.82, 2.24) is 19.1 Å². The van der Waals surface area contributed by atoms with Crippen LogP contribution in [0.3, 0.4) is 0 Å². The van der Waals surface area contributed by atoms with Crippen molar-refractivity contribution in [2.45, 2.75) is 0 Å². The molecule has 0 spiro atoms. The van der Waals surface area contributed by atoms with Crippen molar-refractivity contribution in [2.24, 2.45) is 0 Å². The second-order valence-corrected chi connectivity index (χ2v) is 12.6. The molecule has 0 N–H and O–H groups in total. The fraction of sp³-hybridized carbons (Fsp3) is 0. The van der Waals surface area contributed by atoms with E-state index in [0.29, 0.717) is 5.82 Å². The molecular formula is C46H30N4. The van der Waals surface area contributed by atoms with Gasteiger partial charge in [0.2, 0.25) is 0 Å². The topological polar surface area (TPSA) is 35.6 Å². The third-order valence-electron chi connectivity index (χ3n) is 9.73. The summed E-state index contributed by atoms with van der Waals surface area (Å²) in [6.07, 6.45) is 0. The molecule has 0 aliphatic rings. The molecule has 0 saturated heterocycles. The second kappa shape index (κ2) is 11.4. The highest BCUT2D eigenvalue weighted by Crippen LogP contribution is 2.42. The molecule has 4 nitrogen and oxygen atoms in total. The van der Waals surface area contributed by atoms with Gasteiger partial charge in [-0.3, -0.25) is 4.57 Å². The van der Waals surface area contributed by atoms with Crippen LogP contribution >= 0.6 is 0 Å². The first-order chi connectivity index (χ1) is 24.8. The van der Waals surface area contributed by atoms with Gasteiger partial charge in [0.05, 0.1) is 27.8 Å². The zero-order valence-electron chi connectivity index (χ0n) is 27.1. The lowest BCUT2D eigenvalue weighted by Crippen LogP contribution is -2.02. The first kappa shape index (κ1) is 28.3. The molecule has 10 aromatic rings. The van der Waals surface area contributed by atoms with Crippen molar-refractivity contribution in [3.63, 3.8) is 0 Å². The first-order valence-corrected chi connectivity index (χ1v) is 16.9. The highest BCUT2D eigenvalue weighted by molar-refractivity contribution is 6.28. The minimum Gasteiger partial charge on any atom is -0.309 e. The lowest BCUT2D eigenvalue weighted by Gasteiger charge is -2.12. The van der Waals surface area contributed by atoms with Gasteiger partial charge in [-0.2, -0.15) is 0 Å². The summed E-state index contributed by atoms with van der Waals surface area (Å²) in [4.78, 5) is 10.3. The van der Waals surface area contributed by atoms with E-state index < -0.39 is 0 Å². The summed E-state index contributed by atoms with van der Waals surface area (Å²) in [5.41, 5.74) is 11.0. The molecule has 0 atom stereocenters. The van der Waals surface area contributed by atoms with Crippen LogP contribution in [-0.2, 0) is 0 Å². The molecule has 0 aliphatic carbocycles. The normalized spacial score (nSPS) is 11.6. The smallest absolute Gasteiger partial charge is 0.162 e. The van der Waals surface area contributed by atoms with Gasteiger partial charge in [-0.1, -0.05) is 140 Å². The Labute approximate surface area is 289 Å². The summed E-state index contributed by atoms with van der Waals surface area (Å²) in [6, 6.07) is 64.2. The largest absolute Gasteiger partial charge is 0.309 e. The van der Waals surface area contributed by atoms with Crippen molar-refractivity contribution in [1.29, 1.82) is 0 Å². The zero-order valence-corrected chi connectivity index (χ0v) is 27.1. The van der Waals surface area contributed by atoms with Gasteiger partial charge >= 0.3 is 0 Å². The van der Waals surface area contributed by atoms with Crippen molar-refractivity contribution in [2.75, 3.05) is 0 Å². The summed E-state index contributed by atoms with van der Waals surface area (Å²) >= 11 is 0. The number of hydrogen-bond donors (Lipinski definition) is 0. The Balaban J connectivity index is 1.28. The number of hydrogen-bond acceptors (Lipinski definition) is 2. The van der Waals surface area contributed by atoms with Crippen LogP contribution in [0.25, 0.3) is 88.9 Å². The van der Waals surface area contributed by atoms with Gasteiger partial charge in [0.15, 0.2) is 5.82 Å². The average molecular weight is 639 g/mol. The van der Waals surface area contributed by atoms with E-state index in [-0.39, 0.29) is 0 Å². The molecule has 0 aliphatic heterocycles. The average Bonchev–Trinajstić information content (AvgIpc) is 3.72. The number of aromatic nitrogens is 4. The fourth-order valence-corrected chi connectivity index (χ4v) is 7.52. The molecule has 50 heavy (non-hydrogen) atoms. The van der Waals surface area contributed by atoms with E-state index in [1.54, 1.807) is 0 Å². The summed E-state index contributed by atoms with van der Waals surface area (Å²) in [5, 5.41) is 4.86. The zero-order chi connectivity index (χ0) is 33.0. The molecule has 234 valence electrons. The van der Waals surface area contributed by atoms with E-state index in [0.717, 1.165) is 39.4 Å². The molecule has 4 heteroatoms. The van der Waals surface area contributed by atoms with Crippen molar-refractivity contribution in [3.8, 4) is 45.3 Å². The first-order valence-electron chi connectivity index (χ1n) is 16.9. The standard InChI is InChI=1S/C46H30N4/c1-4-15-31(16-5-1)34-21-14-22-35(29-34)49-39-25-12-10-23-36(39)44-41(49)27-28-42-45(44)37-24-11-13-26-40(37)50(42)43-30-38(32-17-6-2-7-18-32)47-46(48-43)33-19-8-3-9-20-33/h1-30H. The predicted molar refractivity (Wildman–Crippen MR) is 207 cm³/mol. The molecule has 10 rings (SSSR count). The lowest BCUT2D eigenvalue weighted by atomic mass is 10.0. The van der Waals surface area contributed by atoms with Crippen LogP contribution < -0.4 is 0 Å². The number of rotatable bonds is 5. The molecule has 3 heterocycles. The Bertz CT molecular complexity index is 2790. The van der Waals surface area contributed by atoms with E-state index >= 15 is 0 Å². The summed E-state index contributed by atoms with van der Waals surface area (Å²) in [6.45, 7) is 0. The number of nitrogens with zero attached hydrogens (tertiary/aromatic N) is 4. The fourth-order valence-electron chi connectivity index (χ4n) is 7.52. The second-order valence-electron chi connectivity index (χ2n) is 12.6. The Morgan fingerprint density at radius 2 is 0.860 bits per heavy atom. The Morgan fingerprint density at radius 3 is 1.52 bits per heavy atom. The third-order valence-corrected chi connectivity index (χ3v) is 9.73. The maximum absolute atomic E-state index is 5.25. The van der Waals surface area contributed by atoms with Crippen LogP contribution in [0.1, 0.15) is 0 Å². The van der Waals surface area contributed by atoms with Gasteiger partial charge in [-0.25, -0.2) is 9.97 Å². The molecule has 7 aromatic carbocycles. The van der Waals surface area contributed by atoms with Crippen molar-refractivity contribution in [3.05, 3.63) is 182 Å². The number of benzene rings is 7. The number of para-hydroxylation sites is 2. The van der Waals surface area contributed by atoms with Gasteiger partial charge < -0.3 is 4.57 Å². The molecule has 0 bridgehead atoms. The highest BCUT2D eigenvalue weighted by Gasteiger charge is 2.22. The lowest BCUT2D eigenvalue weighted by molar-refractivity contribution is 1.05. The third kappa shape index (κ3) is 4.46. The van der Waals surface area contributed by atoms with E-state index in [1.165, 1.54) is 43.7 Å². The minimum atomic E-state index is 0.698. The summed E-state index contributed by atoms with van der Waals surface area (Å²) in [7, 11) is 0. The van der Waals surface area contributed by atoms with E-state index in [4.69, 9.17) is 9.97 Å². The molecule has 0 fully saturated rings. The van der Waals surface area contributed by atoms with Gasteiger partial charge in [-0.15, -0.1) is 0 Å². The Morgan fingerprint density at radius 1 is 0.340 bits per heavy atom. The van der Waals surface area contributed by atoms with Crippen LogP contribution in [-0.4, -0.2) is 19.1 Å². The highest BCUT2D eigenvalue weighted by atomic mass is 15.1. The molecule has 0 saturated carbocycles. The van der Waals surface area contributed by atoms with Crippen LogP contribution in [0.5, 0.6) is 0 Å². The maximum Gasteiger partial charge on any atom is 0.162 e. The van der Waals surface area contributed by atoms with Crippen LogP contribution in [0.15, 0.2) is 182 Å². The Hall–Kier alpha value is -6.78. The molecule has 0 amide bonds. The number of fused-ring (bicyclic) bond motifs is 7. The van der Waals surface area contributed by atoms with Crippen molar-refractivity contribution >= 4 is 43.6 Å². The van der Waals surface area contributed by atoms with Crippen LogP contribution in [0.4, 0.5) is 0 Å². The maximum atomic E-state index is 5.25. The minimum absolute atomic E-state index is 0.698. The van der Waals surface area contributed by atoms with Crippen molar-refractivity contribution < 1.29 is 0 Å². The van der Waals surface area contributed by atoms with Gasteiger partial charge in [0, 0.05) is 44.4 Å². The molecule has 0 unspecified atom stereocenters. The van der Waals surface area contributed by atoms with E-state index in [1.807, 2.05) is 24.3 Å². The monoisotopic (exact) mass is 638 g/mol. The van der Waals surface area contributed by atoms with E-state index in [2.05, 4.69) is 167 Å². The molecular weight excluding hydrogens is 609 g/mol. The molecule has 3 aromatic heterocycles. The van der Waals surface area contributed by atoms with Gasteiger partial charge in [0.25, 0.3) is 0 Å². The predicted octanol–water partition coefficient (Wildman–Crippen LogP) is 11.7. The van der Waals surface area contributed by atoms with Crippen LogP contribution in [0, 0.1) is 0 Å². The van der Waals surface area contributed by atoms with Crippen LogP contribution in [0.2, 0.25) is 0 Å².